The van der Waals surface area contributed by atoms with E-state index in [1.807, 2.05) is 0 Å². The van der Waals surface area contributed by atoms with Gasteiger partial charge in [0, 0.05) is 19.3 Å². The molecule has 1 atom stereocenters. The molecule has 0 bridgehead atoms. The van der Waals surface area contributed by atoms with Gasteiger partial charge in [0.25, 0.3) is 0 Å². The van der Waals surface area contributed by atoms with Crippen LogP contribution in [-0.2, 0) is 28.6 Å². The van der Waals surface area contributed by atoms with Crippen LogP contribution in [0.15, 0.2) is 146 Å². The second-order valence-electron chi connectivity index (χ2n) is 21.3. The molecule has 0 aliphatic carbocycles. The van der Waals surface area contributed by atoms with Gasteiger partial charge < -0.3 is 14.2 Å². The number of rotatable bonds is 58. The molecule has 6 heteroatoms. The van der Waals surface area contributed by atoms with E-state index in [1.165, 1.54) is 77.0 Å². The van der Waals surface area contributed by atoms with Crippen LogP contribution in [-0.4, -0.2) is 37.2 Å². The summed E-state index contributed by atoms with van der Waals surface area (Å²) in [6, 6.07) is 0. The standard InChI is InChI=1S/C74H120O6/c1-4-7-10-13-16-19-22-25-28-29-30-31-32-33-34-35-36-37-38-39-40-41-42-43-44-45-47-49-52-55-58-61-64-67-73(76)79-70-71(69-78-72(75)66-63-60-57-54-51-48-27-24-21-18-15-12-9-6-3)80-74(77)68-65-62-59-56-53-50-46-26-23-20-17-14-11-8-5-2/h7-8,10-11,16-17,19-20,24-28,30-31,33-34,36-37,39-40,42-43,46,71H,4-6,9,12-15,18,21-23,29,32,35,38,41,44-45,47-70H2,1-3H3/b10-7-,11-8-,19-16-,20-17-,27-24-,28-25-,31-30-,34-33-,37-36-,40-39-,43-42-,46-26-. The number of hydrogen-bond donors (Lipinski definition) is 0. The molecule has 0 fully saturated rings. The fourth-order valence-electron chi connectivity index (χ4n) is 8.70. The highest BCUT2D eigenvalue weighted by molar-refractivity contribution is 5.71. The molecule has 0 aliphatic heterocycles. The lowest BCUT2D eigenvalue weighted by Crippen LogP contribution is -2.30. The van der Waals surface area contributed by atoms with Crippen molar-refractivity contribution in [1.29, 1.82) is 0 Å². The van der Waals surface area contributed by atoms with Gasteiger partial charge in [-0.25, -0.2) is 0 Å². The molecule has 0 rings (SSSR count). The summed E-state index contributed by atoms with van der Waals surface area (Å²) in [6.07, 6.45) is 95.7. The van der Waals surface area contributed by atoms with Gasteiger partial charge in [-0.2, -0.15) is 0 Å². The van der Waals surface area contributed by atoms with Gasteiger partial charge in [0.1, 0.15) is 13.2 Å². The Morgan fingerprint density at radius 2 is 0.487 bits per heavy atom. The smallest absolute Gasteiger partial charge is 0.306 e. The van der Waals surface area contributed by atoms with Gasteiger partial charge in [-0.15, -0.1) is 0 Å². The molecule has 0 amide bonds. The van der Waals surface area contributed by atoms with Crippen molar-refractivity contribution in [2.24, 2.45) is 0 Å². The van der Waals surface area contributed by atoms with E-state index in [-0.39, 0.29) is 31.1 Å². The topological polar surface area (TPSA) is 78.9 Å². The Bertz CT molecular complexity index is 1750. The van der Waals surface area contributed by atoms with E-state index in [1.54, 1.807) is 0 Å². The molecule has 0 aromatic heterocycles. The fourth-order valence-corrected chi connectivity index (χ4v) is 8.70. The van der Waals surface area contributed by atoms with Crippen molar-refractivity contribution >= 4 is 17.9 Å². The number of hydrogen-bond acceptors (Lipinski definition) is 6. The zero-order valence-electron chi connectivity index (χ0n) is 51.8. The summed E-state index contributed by atoms with van der Waals surface area (Å²) in [6.45, 7) is 6.38. The van der Waals surface area contributed by atoms with Crippen LogP contribution in [0.1, 0.15) is 284 Å². The first-order chi connectivity index (χ1) is 39.5. The van der Waals surface area contributed by atoms with Crippen molar-refractivity contribution < 1.29 is 28.6 Å². The maximum Gasteiger partial charge on any atom is 0.306 e. The summed E-state index contributed by atoms with van der Waals surface area (Å²) in [5.74, 6) is -0.928. The molecular weight excluding hydrogens is 985 g/mol. The summed E-state index contributed by atoms with van der Waals surface area (Å²) in [4.78, 5) is 38.3. The molecule has 0 heterocycles. The lowest BCUT2D eigenvalue weighted by molar-refractivity contribution is -0.167. The average molecular weight is 1110 g/mol. The van der Waals surface area contributed by atoms with Crippen molar-refractivity contribution in [1.82, 2.24) is 0 Å². The summed E-state index contributed by atoms with van der Waals surface area (Å²) in [5.41, 5.74) is 0. The van der Waals surface area contributed by atoms with Crippen LogP contribution in [0.25, 0.3) is 0 Å². The van der Waals surface area contributed by atoms with E-state index in [9.17, 15) is 14.4 Å². The highest BCUT2D eigenvalue weighted by Gasteiger charge is 2.19. The summed E-state index contributed by atoms with van der Waals surface area (Å²) in [7, 11) is 0. The van der Waals surface area contributed by atoms with Gasteiger partial charge in [-0.3, -0.25) is 14.4 Å². The van der Waals surface area contributed by atoms with E-state index in [0.717, 1.165) is 167 Å². The first-order valence-corrected chi connectivity index (χ1v) is 32.8. The maximum atomic E-state index is 12.9. The summed E-state index contributed by atoms with van der Waals surface area (Å²) in [5, 5.41) is 0. The molecule has 1 unspecified atom stereocenters. The highest BCUT2D eigenvalue weighted by Crippen LogP contribution is 2.15. The molecule has 6 nitrogen and oxygen atoms in total. The first-order valence-electron chi connectivity index (χ1n) is 32.8. The third kappa shape index (κ3) is 64.1. The van der Waals surface area contributed by atoms with Crippen molar-refractivity contribution in [3.8, 4) is 0 Å². The summed E-state index contributed by atoms with van der Waals surface area (Å²) >= 11 is 0. The van der Waals surface area contributed by atoms with E-state index < -0.39 is 6.10 Å². The van der Waals surface area contributed by atoms with Crippen LogP contribution in [0, 0.1) is 0 Å². The van der Waals surface area contributed by atoms with Gasteiger partial charge in [0.2, 0.25) is 0 Å². The number of carbonyl (C=O) groups excluding carboxylic acids is 3. The maximum absolute atomic E-state index is 12.9. The number of esters is 3. The first kappa shape index (κ1) is 75.3. The summed E-state index contributed by atoms with van der Waals surface area (Å²) < 4.78 is 16.9. The molecule has 0 spiro atoms. The van der Waals surface area contributed by atoms with Gasteiger partial charge in [0.05, 0.1) is 0 Å². The minimum Gasteiger partial charge on any atom is -0.462 e. The Balaban J connectivity index is 4.31. The molecule has 0 aromatic rings. The van der Waals surface area contributed by atoms with E-state index in [4.69, 9.17) is 14.2 Å². The van der Waals surface area contributed by atoms with Gasteiger partial charge in [0.15, 0.2) is 6.10 Å². The number of ether oxygens (including phenoxy) is 3. The minimum atomic E-state index is -0.800. The van der Waals surface area contributed by atoms with Gasteiger partial charge in [-0.05, 0) is 141 Å². The van der Waals surface area contributed by atoms with Crippen molar-refractivity contribution in [2.75, 3.05) is 13.2 Å². The monoisotopic (exact) mass is 1100 g/mol. The Kier molecular flexibility index (Phi) is 62.9. The highest BCUT2D eigenvalue weighted by atomic mass is 16.6. The second-order valence-corrected chi connectivity index (χ2v) is 21.3. The quantitative estimate of drug-likeness (QED) is 0.0261. The van der Waals surface area contributed by atoms with Crippen LogP contribution in [0.5, 0.6) is 0 Å². The average Bonchev–Trinajstić information content (AvgIpc) is 3.46. The number of carbonyl (C=O) groups is 3. The predicted octanol–water partition coefficient (Wildman–Crippen LogP) is 22.7. The van der Waals surface area contributed by atoms with Crippen LogP contribution in [0.4, 0.5) is 0 Å². The van der Waals surface area contributed by atoms with Crippen molar-refractivity contribution in [3.63, 3.8) is 0 Å². The van der Waals surface area contributed by atoms with Crippen molar-refractivity contribution in [3.05, 3.63) is 146 Å². The third-order valence-electron chi connectivity index (χ3n) is 13.6. The second kappa shape index (κ2) is 66.8. The normalized spacial score (nSPS) is 13.1. The molecule has 0 aliphatic rings. The number of allylic oxidation sites excluding steroid dienone is 24. The Morgan fingerprint density at radius 3 is 0.775 bits per heavy atom. The van der Waals surface area contributed by atoms with Crippen LogP contribution < -0.4 is 0 Å². The lowest BCUT2D eigenvalue weighted by atomic mass is 10.1. The van der Waals surface area contributed by atoms with E-state index >= 15 is 0 Å². The zero-order chi connectivity index (χ0) is 57.8. The molecule has 0 radical (unpaired) electrons. The fraction of sp³-hybridized carbons (Fsp3) is 0.635. The molecule has 0 N–H and O–H groups in total. The van der Waals surface area contributed by atoms with E-state index in [2.05, 4.69) is 167 Å². The van der Waals surface area contributed by atoms with Crippen LogP contribution in [0.2, 0.25) is 0 Å². The SMILES string of the molecule is CC/C=C\C/C=C\C/C=C\C/C=C\C/C=C\C/C=C\C/C=C\C/C=C\CCCCCCCCCCC(=O)OCC(COC(=O)CCCCCCC/C=C\CCCCCCC)OC(=O)CCCCCCC/C=C\C/C=C\C/C=C\CC. The zero-order valence-corrected chi connectivity index (χ0v) is 51.8. The molecule has 80 heavy (non-hydrogen) atoms. The lowest BCUT2D eigenvalue weighted by Gasteiger charge is -2.18. The molecular formula is C74H120O6. The van der Waals surface area contributed by atoms with Gasteiger partial charge in [-0.1, -0.05) is 269 Å². The molecule has 452 valence electrons. The Labute approximate surface area is 493 Å². The largest absolute Gasteiger partial charge is 0.462 e. The Morgan fingerprint density at radius 1 is 0.263 bits per heavy atom. The molecule has 0 saturated heterocycles. The molecule has 0 aromatic carbocycles. The van der Waals surface area contributed by atoms with Crippen LogP contribution >= 0.6 is 0 Å². The van der Waals surface area contributed by atoms with Crippen LogP contribution in [0.3, 0.4) is 0 Å². The number of unbranched alkanes of at least 4 members (excludes halogenated alkanes) is 23. The predicted molar refractivity (Wildman–Crippen MR) is 348 cm³/mol. The Hall–Kier alpha value is -4.71. The van der Waals surface area contributed by atoms with Gasteiger partial charge >= 0.3 is 17.9 Å². The minimum absolute atomic E-state index is 0.0953. The van der Waals surface area contributed by atoms with E-state index in [0.29, 0.717) is 19.3 Å². The van der Waals surface area contributed by atoms with Crippen molar-refractivity contribution in [2.45, 2.75) is 290 Å². The third-order valence-corrected chi connectivity index (χ3v) is 13.6. The molecule has 0 saturated carbocycles.